The maximum Gasteiger partial charge on any atom is 0.242 e. The van der Waals surface area contributed by atoms with E-state index in [0.717, 1.165) is 12.2 Å². The van der Waals surface area contributed by atoms with Gasteiger partial charge in [-0.15, -0.1) is 5.10 Å². The summed E-state index contributed by atoms with van der Waals surface area (Å²) in [4.78, 5) is 13.3. The number of anilines is 1. The summed E-state index contributed by atoms with van der Waals surface area (Å²) >= 11 is 0. The molecule has 0 spiro atoms. The van der Waals surface area contributed by atoms with E-state index in [0.29, 0.717) is 18.9 Å². The van der Waals surface area contributed by atoms with Gasteiger partial charge in [0.05, 0.1) is 12.2 Å². The average molecular weight is 236 g/mol. The van der Waals surface area contributed by atoms with E-state index in [-0.39, 0.29) is 12.7 Å². The second-order valence-corrected chi connectivity index (χ2v) is 5.25. The fourth-order valence-corrected chi connectivity index (χ4v) is 1.72. The Kier molecular flexibility index (Phi) is 3.11. The van der Waals surface area contributed by atoms with E-state index in [4.69, 9.17) is 0 Å². The van der Waals surface area contributed by atoms with E-state index in [1.54, 1.807) is 4.90 Å². The molecule has 1 saturated heterocycles. The number of aromatic nitrogens is 2. The Morgan fingerprint density at radius 2 is 2.12 bits per heavy atom. The Labute approximate surface area is 103 Å². The lowest BCUT2D eigenvalue weighted by Crippen LogP contribution is -2.48. The third-order valence-corrected chi connectivity index (χ3v) is 2.78. The molecule has 0 aromatic carbocycles. The fourth-order valence-electron chi connectivity index (χ4n) is 1.72. The Hall–Kier alpha value is -1.49. The molecular formula is C12H20N4O. The molecule has 1 N–H and O–H groups in total. The Morgan fingerprint density at radius 3 is 2.65 bits per heavy atom. The SMILES string of the molecule is CC(C)(C)c1ccc(N2CCNCC2=O)nn1.[HH]. The van der Waals surface area contributed by atoms with Gasteiger partial charge >= 0.3 is 0 Å². The second-order valence-electron chi connectivity index (χ2n) is 5.25. The average Bonchev–Trinajstić information content (AvgIpc) is 2.29. The minimum atomic E-state index is -0.0149. The van der Waals surface area contributed by atoms with Crippen molar-refractivity contribution in [1.29, 1.82) is 0 Å². The second kappa shape index (κ2) is 4.41. The van der Waals surface area contributed by atoms with Gasteiger partial charge in [-0.1, -0.05) is 20.8 Å². The minimum absolute atomic E-state index is 0. The van der Waals surface area contributed by atoms with Crippen LogP contribution >= 0.6 is 0 Å². The largest absolute Gasteiger partial charge is 0.307 e. The molecule has 17 heavy (non-hydrogen) atoms. The fraction of sp³-hybridized carbons (Fsp3) is 0.583. The van der Waals surface area contributed by atoms with Crippen LogP contribution < -0.4 is 10.2 Å². The van der Waals surface area contributed by atoms with Crippen molar-refractivity contribution in [2.24, 2.45) is 0 Å². The predicted molar refractivity (Wildman–Crippen MR) is 68.1 cm³/mol. The number of rotatable bonds is 1. The monoisotopic (exact) mass is 236 g/mol. The lowest BCUT2D eigenvalue weighted by molar-refractivity contribution is -0.118. The highest BCUT2D eigenvalue weighted by Gasteiger charge is 2.22. The third kappa shape index (κ3) is 2.61. The van der Waals surface area contributed by atoms with Gasteiger partial charge in [0.2, 0.25) is 5.91 Å². The molecule has 94 valence electrons. The van der Waals surface area contributed by atoms with Crippen LogP contribution in [0.5, 0.6) is 0 Å². The maximum atomic E-state index is 11.7. The predicted octanol–water partition coefficient (Wildman–Crippen LogP) is 0.956. The molecular weight excluding hydrogens is 216 g/mol. The molecule has 1 aliphatic heterocycles. The zero-order valence-corrected chi connectivity index (χ0v) is 10.5. The number of hydrogen-bond acceptors (Lipinski definition) is 4. The molecule has 0 unspecified atom stereocenters. The van der Waals surface area contributed by atoms with E-state index in [1.165, 1.54) is 0 Å². The molecule has 1 aromatic rings. The van der Waals surface area contributed by atoms with Gasteiger partial charge in [-0.2, -0.15) is 5.10 Å². The summed E-state index contributed by atoms with van der Waals surface area (Å²) in [6.07, 6.45) is 0. The van der Waals surface area contributed by atoms with Crippen LogP contribution in [0.4, 0.5) is 5.82 Å². The van der Waals surface area contributed by atoms with Crippen molar-refractivity contribution >= 4 is 11.7 Å². The van der Waals surface area contributed by atoms with Crippen LogP contribution in [0.15, 0.2) is 12.1 Å². The molecule has 0 saturated carbocycles. The van der Waals surface area contributed by atoms with Crippen molar-refractivity contribution in [2.75, 3.05) is 24.5 Å². The number of nitrogens with one attached hydrogen (secondary N) is 1. The molecule has 5 nitrogen and oxygen atoms in total. The van der Waals surface area contributed by atoms with Gasteiger partial charge in [0.15, 0.2) is 5.82 Å². The Morgan fingerprint density at radius 1 is 1.35 bits per heavy atom. The smallest absolute Gasteiger partial charge is 0.242 e. The molecule has 0 bridgehead atoms. The van der Waals surface area contributed by atoms with Gasteiger partial charge < -0.3 is 5.32 Å². The van der Waals surface area contributed by atoms with Crippen molar-refractivity contribution in [2.45, 2.75) is 26.2 Å². The number of nitrogens with zero attached hydrogens (tertiary/aromatic N) is 3. The topological polar surface area (TPSA) is 58.1 Å². The molecule has 0 radical (unpaired) electrons. The van der Waals surface area contributed by atoms with Gasteiger partial charge in [-0.25, -0.2) is 0 Å². The number of carbonyl (C=O) groups is 1. The minimum Gasteiger partial charge on any atom is -0.307 e. The quantitative estimate of drug-likeness (QED) is 0.789. The molecule has 1 aliphatic rings. The van der Waals surface area contributed by atoms with Crippen LogP contribution in [0.25, 0.3) is 0 Å². The van der Waals surface area contributed by atoms with Gasteiger partial charge in [-0.05, 0) is 12.1 Å². The first-order valence-corrected chi connectivity index (χ1v) is 5.84. The highest BCUT2D eigenvalue weighted by Crippen LogP contribution is 2.20. The first-order valence-electron chi connectivity index (χ1n) is 5.84. The summed E-state index contributed by atoms with van der Waals surface area (Å²) in [5.74, 6) is 0.693. The van der Waals surface area contributed by atoms with E-state index in [9.17, 15) is 4.79 Å². The number of piperazine rings is 1. The lowest BCUT2D eigenvalue weighted by Gasteiger charge is -2.26. The molecule has 0 atom stereocenters. The van der Waals surface area contributed by atoms with Crippen LogP contribution in [-0.4, -0.2) is 35.7 Å². The maximum absolute atomic E-state index is 11.7. The summed E-state index contributed by atoms with van der Waals surface area (Å²) in [7, 11) is 0. The molecule has 1 fully saturated rings. The Balaban J connectivity index is 0.00000162. The van der Waals surface area contributed by atoms with E-state index >= 15 is 0 Å². The zero-order chi connectivity index (χ0) is 12.5. The molecule has 2 heterocycles. The molecule has 1 amide bonds. The highest BCUT2D eigenvalue weighted by atomic mass is 16.2. The highest BCUT2D eigenvalue weighted by molar-refractivity contribution is 5.94. The van der Waals surface area contributed by atoms with Gasteiger partial charge in [0.1, 0.15) is 0 Å². The third-order valence-electron chi connectivity index (χ3n) is 2.78. The van der Waals surface area contributed by atoms with Crippen molar-refractivity contribution in [3.05, 3.63) is 17.8 Å². The van der Waals surface area contributed by atoms with Crippen molar-refractivity contribution in [3.63, 3.8) is 0 Å². The zero-order valence-electron chi connectivity index (χ0n) is 10.5. The summed E-state index contributed by atoms with van der Waals surface area (Å²) in [6.45, 7) is 8.10. The molecule has 2 rings (SSSR count). The lowest BCUT2D eigenvalue weighted by atomic mass is 9.92. The number of amides is 1. The summed E-state index contributed by atoms with van der Waals surface area (Å²) in [5, 5.41) is 11.4. The van der Waals surface area contributed by atoms with Crippen LogP contribution in [-0.2, 0) is 10.2 Å². The van der Waals surface area contributed by atoms with Crippen LogP contribution in [0.2, 0.25) is 0 Å². The van der Waals surface area contributed by atoms with E-state index in [2.05, 4.69) is 36.3 Å². The summed E-state index contributed by atoms with van der Waals surface area (Å²) in [5.41, 5.74) is 0.919. The van der Waals surface area contributed by atoms with Crippen molar-refractivity contribution in [1.82, 2.24) is 15.5 Å². The Bertz CT molecular complexity index is 413. The van der Waals surface area contributed by atoms with Crippen LogP contribution in [0.3, 0.4) is 0 Å². The van der Waals surface area contributed by atoms with Gasteiger partial charge in [0, 0.05) is 19.9 Å². The first kappa shape index (κ1) is 12.0. The van der Waals surface area contributed by atoms with Crippen molar-refractivity contribution in [3.8, 4) is 0 Å². The van der Waals surface area contributed by atoms with Crippen LogP contribution in [0.1, 0.15) is 27.9 Å². The van der Waals surface area contributed by atoms with Gasteiger partial charge in [-0.3, -0.25) is 9.69 Å². The molecule has 1 aromatic heterocycles. The molecule has 0 aliphatic carbocycles. The first-order chi connectivity index (χ1) is 7.98. The molecule has 5 heteroatoms. The van der Waals surface area contributed by atoms with Crippen LogP contribution in [0, 0.1) is 0 Å². The van der Waals surface area contributed by atoms with Crippen molar-refractivity contribution < 1.29 is 6.22 Å². The standard InChI is InChI=1S/C12H18N4O.H2/c1-12(2,3)9-4-5-10(15-14-9)16-7-6-13-8-11(16)17;/h4-5,13H,6-8H2,1-3H3;1H. The van der Waals surface area contributed by atoms with Gasteiger partial charge in [0.25, 0.3) is 0 Å². The number of hydrogen-bond donors (Lipinski definition) is 1. The van der Waals surface area contributed by atoms with E-state index < -0.39 is 0 Å². The van der Waals surface area contributed by atoms with E-state index in [1.807, 2.05) is 12.1 Å². The summed E-state index contributed by atoms with van der Waals surface area (Å²) in [6, 6.07) is 3.81. The normalized spacial score (nSPS) is 17.4. The summed E-state index contributed by atoms with van der Waals surface area (Å²) < 4.78 is 0. The number of carbonyl (C=O) groups excluding carboxylic acids is 1.